The number of aliphatic hydroxyl groups excluding tert-OH is 4. The van der Waals surface area contributed by atoms with Crippen molar-refractivity contribution < 1.29 is 83.7 Å². The van der Waals surface area contributed by atoms with Crippen LogP contribution in [0.3, 0.4) is 0 Å². The molecule has 16 N–H and O–H groups in total. The molecule has 0 aliphatic heterocycles. The number of nitrogens with one attached hydrogen (secondary N) is 7. The van der Waals surface area contributed by atoms with Crippen LogP contribution in [0.15, 0.2) is 0 Å². The zero-order valence-corrected chi connectivity index (χ0v) is 31.9. The summed E-state index contributed by atoms with van der Waals surface area (Å²) in [7, 11) is 0. The summed E-state index contributed by atoms with van der Waals surface area (Å²) < 4.78 is 0. The van der Waals surface area contributed by atoms with Gasteiger partial charge in [-0.1, -0.05) is 13.8 Å². The molecule has 0 aromatic carbocycles. The van der Waals surface area contributed by atoms with E-state index in [2.05, 4.69) is 26.6 Å². The fraction of sp³-hybridized carbons (Fsp3) is 0.688. The van der Waals surface area contributed by atoms with Gasteiger partial charge in [-0.3, -0.25) is 43.2 Å². The summed E-state index contributed by atoms with van der Waals surface area (Å²) in [6.45, 7) is 4.27. The zero-order valence-electron chi connectivity index (χ0n) is 31.9. The minimum absolute atomic E-state index is 0.515. The molecule has 0 aliphatic rings. The molecule has 57 heavy (non-hydrogen) atoms. The lowest BCUT2D eigenvalue weighted by molar-refractivity contribution is -0.144. The van der Waals surface area contributed by atoms with Crippen molar-refractivity contribution >= 4 is 59.3 Å². The summed E-state index contributed by atoms with van der Waals surface area (Å²) in [6, 6.07) is -13.1. The lowest BCUT2D eigenvalue weighted by Gasteiger charge is -2.28. The molecule has 0 radical (unpaired) electrons. The molecule has 0 spiro atoms. The van der Waals surface area contributed by atoms with Gasteiger partial charge in [0.25, 0.3) is 0 Å². The molecule has 0 aromatic rings. The Labute approximate surface area is 325 Å². The maximum Gasteiger partial charge on any atom is 0.326 e. The van der Waals surface area contributed by atoms with Crippen molar-refractivity contribution in [3.8, 4) is 0 Å². The van der Waals surface area contributed by atoms with Crippen LogP contribution in [0.25, 0.3) is 0 Å². The van der Waals surface area contributed by atoms with Crippen LogP contribution in [0.5, 0.6) is 0 Å². The van der Waals surface area contributed by atoms with Crippen LogP contribution < -0.4 is 43.0 Å². The highest BCUT2D eigenvalue weighted by molar-refractivity contribution is 5.97. The van der Waals surface area contributed by atoms with Gasteiger partial charge in [-0.15, -0.1) is 0 Å². The number of amides is 7. The fourth-order valence-electron chi connectivity index (χ4n) is 4.58. The Morgan fingerprint density at radius 3 is 1.26 bits per heavy atom. The average molecular weight is 823 g/mol. The number of aliphatic carboxylic acids is 3. The van der Waals surface area contributed by atoms with Gasteiger partial charge in [0.05, 0.1) is 25.4 Å². The first-order chi connectivity index (χ1) is 26.4. The average Bonchev–Trinajstić information content (AvgIpc) is 3.12. The molecular weight excluding hydrogens is 768 g/mol. The summed E-state index contributed by atoms with van der Waals surface area (Å²) >= 11 is 0. The third-order valence-corrected chi connectivity index (χ3v) is 8.06. The highest BCUT2D eigenvalue weighted by Crippen LogP contribution is 2.07. The third-order valence-electron chi connectivity index (χ3n) is 8.06. The van der Waals surface area contributed by atoms with E-state index in [0.717, 1.165) is 13.8 Å². The molecule has 25 heteroatoms. The maximum atomic E-state index is 13.4. The van der Waals surface area contributed by atoms with Crippen molar-refractivity contribution in [3.05, 3.63) is 0 Å². The second-order valence-electron chi connectivity index (χ2n) is 13.3. The fourth-order valence-corrected chi connectivity index (χ4v) is 4.58. The molecule has 25 nitrogen and oxygen atoms in total. The van der Waals surface area contributed by atoms with Crippen LogP contribution in [0, 0.1) is 5.92 Å². The molecule has 0 aliphatic carbocycles. The summed E-state index contributed by atoms with van der Waals surface area (Å²) in [4.78, 5) is 124. The first kappa shape index (κ1) is 51.5. The SMILES string of the molecule is CC(C)[C@H](NC(=O)[C@H](CCC(=O)O)NC(=O)[C@H](CO)NC(=O)[C@H](CO)NC(=O)[C@@H](N)[C@@H](C)O)C(=O)N[C@@H](C)C(=O)N[C@H](C(=O)N[C@@H](CCC(=O)O)C(=O)O)[C@@H](C)O. The second kappa shape index (κ2) is 24.9. The van der Waals surface area contributed by atoms with Crippen LogP contribution in [0.1, 0.15) is 60.3 Å². The molecule has 0 heterocycles. The molecule has 0 unspecified atom stereocenters. The highest BCUT2D eigenvalue weighted by atomic mass is 16.4. The van der Waals surface area contributed by atoms with Crippen LogP contribution in [-0.4, -0.2) is 169 Å². The number of rotatable bonds is 26. The first-order valence-electron chi connectivity index (χ1n) is 17.5. The number of carbonyl (C=O) groups excluding carboxylic acids is 7. The predicted octanol–water partition coefficient (Wildman–Crippen LogP) is -7.06. The molecule has 0 fully saturated rings. The minimum Gasteiger partial charge on any atom is -0.481 e. The molecule has 0 bridgehead atoms. The van der Waals surface area contributed by atoms with Gasteiger partial charge < -0.3 is 78.7 Å². The normalized spacial score (nSPS) is 16.3. The smallest absolute Gasteiger partial charge is 0.326 e. The van der Waals surface area contributed by atoms with E-state index in [1.807, 2.05) is 10.6 Å². The van der Waals surface area contributed by atoms with E-state index in [-0.39, 0.29) is 0 Å². The number of hydrogen-bond acceptors (Lipinski definition) is 15. The van der Waals surface area contributed by atoms with Gasteiger partial charge in [-0.25, -0.2) is 4.79 Å². The van der Waals surface area contributed by atoms with Crippen molar-refractivity contribution in [2.75, 3.05) is 13.2 Å². The largest absolute Gasteiger partial charge is 0.481 e. The van der Waals surface area contributed by atoms with Crippen LogP contribution in [0.2, 0.25) is 0 Å². The molecular formula is C32H54N8O17. The maximum absolute atomic E-state index is 13.4. The van der Waals surface area contributed by atoms with E-state index in [1.54, 1.807) is 0 Å². The topological polar surface area (TPSA) is 423 Å². The number of hydrogen-bond donors (Lipinski definition) is 15. The quantitative estimate of drug-likeness (QED) is 0.0385. The molecule has 10 atom stereocenters. The highest BCUT2D eigenvalue weighted by Gasteiger charge is 2.35. The summed E-state index contributed by atoms with van der Waals surface area (Å²) in [5, 5.41) is 81.4. The molecule has 0 aromatic heterocycles. The Morgan fingerprint density at radius 1 is 0.474 bits per heavy atom. The number of carbonyl (C=O) groups is 10. The number of nitrogens with two attached hydrogens (primary N) is 1. The van der Waals surface area contributed by atoms with E-state index in [4.69, 9.17) is 10.8 Å². The summed E-state index contributed by atoms with van der Waals surface area (Å²) in [6.07, 6.45) is -5.35. The molecule has 0 rings (SSSR count). The first-order valence-corrected chi connectivity index (χ1v) is 17.5. The molecule has 0 saturated heterocycles. The van der Waals surface area contributed by atoms with E-state index >= 15 is 0 Å². The van der Waals surface area contributed by atoms with Gasteiger partial charge in [-0.2, -0.15) is 0 Å². The second-order valence-corrected chi connectivity index (χ2v) is 13.3. The Bertz CT molecular complexity index is 1460. The van der Waals surface area contributed by atoms with E-state index in [1.165, 1.54) is 20.8 Å². The van der Waals surface area contributed by atoms with Gasteiger partial charge in [-0.05, 0) is 39.5 Å². The molecule has 7 amide bonds. The lowest BCUT2D eigenvalue weighted by Crippen LogP contribution is -2.62. The van der Waals surface area contributed by atoms with Gasteiger partial charge in [0.15, 0.2) is 0 Å². The number of carboxylic acids is 3. The summed E-state index contributed by atoms with van der Waals surface area (Å²) in [5.41, 5.74) is 5.50. The third kappa shape index (κ3) is 18.3. The zero-order chi connectivity index (χ0) is 44.3. The molecule has 0 saturated carbocycles. The summed E-state index contributed by atoms with van der Waals surface area (Å²) in [5.74, 6) is -12.9. The van der Waals surface area contributed by atoms with Crippen molar-refractivity contribution in [2.45, 2.75) is 121 Å². The number of carboxylic acid groups (broad SMARTS) is 3. The van der Waals surface area contributed by atoms with Crippen LogP contribution in [0.4, 0.5) is 0 Å². The monoisotopic (exact) mass is 822 g/mol. The van der Waals surface area contributed by atoms with E-state index in [0.29, 0.717) is 0 Å². The van der Waals surface area contributed by atoms with Crippen molar-refractivity contribution in [2.24, 2.45) is 11.7 Å². The van der Waals surface area contributed by atoms with Gasteiger partial charge >= 0.3 is 17.9 Å². The Morgan fingerprint density at radius 2 is 0.860 bits per heavy atom. The van der Waals surface area contributed by atoms with Gasteiger partial charge in [0.1, 0.15) is 48.3 Å². The van der Waals surface area contributed by atoms with Gasteiger partial charge in [0, 0.05) is 12.8 Å². The van der Waals surface area contributed by atoms with Crippen molar-refractivity contribution in [3.63, 3.8) is 0 Å². The lowest BCUT2D eigenvalue weighted by atomic mass is 10.0. The Hall–Kier alpha value is -5.50. The Kier molecular flexibility index (Phi) is 22.5. The molecule has 324 valence electrons. The van der Waals surface area contributed by atoms with Crippen LogP contribution in [-0.2, 0) is 47.9 Å². The standard InChI is InChI=1S/C32H54N8O17/c1-12(2)23(30(54)34-13(3)25(49)40-24(15(5)44)31(55)36-17(32(56)57)7-9-21(47)48)39-26(50)16(6-8-20(45)46)35-27(51)18(10-41)37-28(52)19(11-42)38-29(53)22(33)14(4)43/h12-19,22-24,41-44H,6-11,33H2,1-5H3,(H,34,54)(H,35,51)(H,36,55)(H,37,52)(H,38,53)(H,39,50)(H,40,49)(H,45,46)(H,47,48)(H,56,57)/t13-,14+,15+,16-,17-,18-,19-,22-,23-,24-/m0/s1. The van der Waals surface area contributed by atoms with Crippen LogP contribution >= 0.6 is 0 Å². The van der Waals surface area contributed by atoms with Crippen molar-refractivity contribution in [1.29, 1.82) is 0 Å². The van der Waals surface area contributed by atoms with E-state index in [9.17, 15) is 78.6 Å². The predicted molar refractivity (Wildman–Crippen MR) is 191 cm³/mol. The Balaban J connectivity index is 5.90. The minimum atomic E-state index is -1.83. The van der Waals surface area contributed by atoms with Gasteiger partial charge in [0.2, 0.25) is 41.4 Å². The van der Waals surface area contributed by atoms with Crippen molar-refractivity contribution in [1.82, 2.24) is 37.2 Å². The van der Waals surface area contributed by atoms with E-state index < -0.39 is 165 Å². The number of aliphatic hydroxyl groups is 4.